The molecule has 0 aliphatic rings. The minimum atomic E-state index is -0.483. The van der Waals surface area contributed by atoms with Crippen molar-refractivity contribution in [3.8, 4) is 23.0 Å². The van der Waals surface area contributed by atoms with Gasteiger partial charge in [-0.25, -0.2) is 38.7 Å². The van der Waals surface area contributed by atoms with Crippen LogP contribution in [0.2, 0.25) is 10.0 Å². The third-order valence-corrected chi connectivity index (χ3v) is 9.02. The van der Waals surface area contributed by atoms with Gasteiger partial charge in [-0.1, -0.05) is 39.1 Å². The maximum absolute atomic E-state index is 13.4. The first kappa shape index (κ1) is 42.3. The van der Waals surface area contributed by atoms with Gasteiger partial charge in [0, 0.05) is 64.4 Å². The molecule has 0 saturated carbocycles. The predicted molar refractivity (Wildman–Crippen MR) is 227 cm³/mol. The molecule has 0 bridgehead atoms. The summed E-state index contributed by atoms with van der Waals surface area (Å²) in [6.45, 7) is 1.57. The molecule has 8 aromatic rings. The van der Waals surface area contributed by atoms with Crippen LogP contribution in [0.1, 0.15) is 0 Å². The van der Waals surface area contributed by atoms with Gasteiger partial charge < -0.3 is 39.1 Å². The summed E-state index contributed by atoms with van der Waals surface area (Å²) in [4.78, 5) is 27.6. The summed E-state index contributed by atoms with van der Waals surface area (Å²) in [6.07, 6.45) is 13.3. The SMILES string of the molecule is COc1cc2ncnc(Nc3ccc(F)c(Cl)c3)c2cc1OCCBr.COc1cc2ncnc(Nc3ccc(F)c(Cl)c3)c2cc1OCCn1ccnc1.c1c[nH]cn1. The fourth-order valence-corrected chi connectivity index (χ4v) is 5.86. The number of hydrogen-bond acceptors (Lipinski definition) is 12. The number of hydrogen-bond donors (Lipinski definition) is 3. The van der Waals surface area contributed by atoms with Crippen LogP contribution in [0.4, 0.5) is 31.8 Å². The number of H-pyrrole nitrogens is 1. The molecule has 4 aromatic carbocycles. The average molecular weight is 909 g/mol. The second kappa shape index (κ2) is 20.9. The molecule has 8 rings (SSSR count). The van der Waals surface area contributed by atoms with E-state index in [0.29, 0.717) is 82.1 Å². The first-order valence-corrected chi connectivity index (χ1v) is 19.4. The highest BCUT2D eigenvalue weighted by Gasteiger charge is 2.14. The molecular formula is C40H35BrCl2F2N10O4. The maximum atomic E-state index is 13.4. The minimum absolute atomic E-state index is 0.0264. The van der Waals surface area contributed by atoms with E-state index in [-0.39, 0.29) is 10.0 Å². The Morgan fingerprint density at radius 2 is 1.25 bits per heavy atom. The van der Waals surface area contributed by atoms with Crippen LogP contribution in [-0.4, -0.2) is 72.2 Å². The fraction of sp³-hybridized carbons (Fsp3) is 0.150. The lowest BCUT2D eigenvalue weighted by Gasteiger charge is -2.14. The number of imidazole rings is 2. The van der Waals surface area contributed by atoms with Gasteiger partial charge in [0.25, 0.3) is 0 Å². The van der Waals surface area contributed by atoms with E-state index in [1.807, 2.05) is 22.9 Å². The maximum Gasteiger partial charge on any atom is 0.162 e. The molecule has 0 amide bonds. The number of rotatable bonds is 13. The molecule has 0 radical (unpaired) electrons. The Hall–Kier alpha value is -6.30. The lowest BCUT2D eigenvalue weighted by Crippen LogP contribution is -2.07. The zero-order valence-electron chi connectivity index (χ0n) is 31.4. The zero-order valence-corrected chi connectivity index (χ0v) is 34.5. The van der Waals surface area contributed by atoms with Crippen LogP contribution in [0.3, 0.4) is 0 Å². The summed E-state index contributed by atoms with van der Waals surface area (Å²) in [7, 11) is 3.15. The number of ether oxygens (including phenoxy) is 4. The lowest BCUT2D eigenvalue weighted by molar-refractivity contribution is 0.280. The van der Waals surface area contributed by atoms with E-state index >= 15 is 0 Å². The highest BCUT2D eigenvalue weighted by Crippen LogP contribution is 2.36. The van der Waals surface area contributed by atoms with Crippen molar-refractivity contribution in [2.24, 2.45) is 0 Å². The number of aromatic nitrogens is 8. The van der Waals surface area contributed by atoms with Gasteiger partial charge in [-0.15, -0.1) is 0 Å². The number of benzene rings is 4. The summed E-state index contributed by atoms with van der Waals surface area (Å²) >= 11 is 15.0. The van der Waals surface area contributed by atoms with E-state index in [9.17, 15) is 8.78 Å². The number of nitrogens with one attached hydrogen (secondary N) is 3. The van der Waals surface area contributed by atoms with Crippen molar-refractivity contribution in [1.82, 2.24) is 39.5 Å². The quantitative estimate of drug-likeness (QED) is 0.0942. The van der Waals surface area contributed by atoms with Crippen molar-refractivity contribution in [2.45, 2.75) is 6.54 Å². The van der Waals surface area contributed by atoms with Crippen LogP contribution in [0.5, 0.6) is 23.0 Å². The van der Waals surface area contributed by atoms with E-state index in [2.05, 4.69) is 61.5 Å². The van der Waals surface area contributed by atoms with E-state index in [0.717, 1.165) is 10.8 Å². The number of nitrogens with zero attached hydrogens (tertiary/aromatic N) is 7. The summed E-state index contributed by atoms with van der Waals surface area (Å²) < 4.78 is 51.1. The average Bonchev–Trinajstić information content (AvgIpc) is 4.02. The molecule has 4 aromatic heterocycles. The van der Waals surface area contributed by atoms with Crippen LogP contribution in [0, 0.1) is 11.6 Å². The Morgan fingerprint density at radius 1 is 0.695 bits per heavy atom. The normalized spacial score (nSPS) is 10.6. The molecule has 0 aliphatic carbocycles. The number of fused-ring (bicyclic) bond motifs is 2. The van der Waals surface area contributed by atoms with Gasteiger partial charge in [0.05, 0.1) is 61.1 Å². The lowest BCUT2D eigenvalue weighted by atomic mass is 10.2. The topological polar surface area (TPSA) is 159 Å². The van der Waals surface area contributed by atoms with Crippen molar-refractivity contribution in [1.29, 1.82) is 0 Å². The molecule has 4 heterocycles. The Morgan fingerprint density at radius 3 is 1.68 bits per heavy atom. The van der Waals surface area contributed by atoms with Crippen LogP contribution in [0.15, 0.2) is 111 Å². The Bertz CT molecular complexity index is 2580. The van der Waals surface area contributed by atoms with Gasteiger partial charge in [-0.05, 0) is 48.5 Å². The standard InChI is InChI=1S/C20H17ClFN5O2.C17H14BrClFN3O2.C3H4N2/c1-28-18-10-17-14(9-19(18)29-7-6-27-5-4-23-12-27)20(25-11-24-17)26-13-2-3-16(22)15(21)8-13;1-24-15-8-14-11(7-16(15)25-5-4-18)17(22-9-21-14)23-10-2-3-13(20)12(19)6-10;1-2-5-3-4-1/h2-5,8-12H,6-7H2,1H3,(H,24,25,26);2-3,6-9H,4-5H2,1H3,(H,21,22,23);1-3H,(H,4,5). The molecule has 19 heteroatoms. The van der Waals surface area contributed by atoms with Crippen molar-refractivity contribution in [3.05, 3.63) is 132 Å². The third kappa shape index (κ3) is 11.4. The molecule has 0 fully saturated rings. The summed E-state index contributed by atoms with van der Waals surface area (Å²) in [5.74, 6) is 2.44. The third-order valence-electron chi connectivity index (χ3n) is 8.11. The molecule has 0 unspecified atom stereocenters. The molecule has 0 spiro atoms. The van der Waals surface area contributed by atoms with Gasteiger partial charge in [-0.3, -0.25) is 0 Å². The van der Waals surface area contributed by atoms with E-state index < -0.39 is 11.6 Å². The fourth-order valence-electron chi connectivity index (χ4n) is 5.34. The highest BCUT2D eigenvalue weighted by atomic mass is 79.9. The first-order chi connectivity index (χ1) is 28.8. The van der Waals surface area contributed by atoms with Crippen LogP contribution >= 0.6 is 39.1 Å². The monoisotopic (exact) mass is 906 g/mol. The van der Waals surface area contributed by atoms with Gasteiger partial charge >= 0.3 is 0 Å². The molecule has 59 heavy (non-hydrogen) atoms. The largest absolute Gasteiger partial charge is 0.493 e. The van der Waals surface area contributed by atoms with E-state index in [1.165, 1.54) is 36.9 Å². The number of aromatic amines is 1. The second-order valence-electron chi connectivity index (χ2n) is 11.9. The van der Waals surface area contributed by atoms with Crippen LogP contribution < -0.4 is 29.6 Å². The van der Waals surface area contributed by atoms with Crippen molar-refractivity contribution >= 4 is 83.9 Å². The van der Waals surface area contributed by atoms with Gasteiger partial charge in [0.15, 0.2) is 23.0 Å². The number of halogens is 5. The van der Waals surface area contributed by atoms with Crippen molar-refractivity contribution < 1.29 is 27.7 Å². The summed E-state index contributed by atoms with van der Waals surface area (Å²) in [5.41, 5.74) is 2.59. The summed E-state index contributed by atoms with van der Waals surface area (Å²) in [6, 6.07) is 15.9. The predicted octanol–water partition coefficient (Wildman–Crippen LogP) is 9.81. The zero-order chi connectivity index (χ0) is 41.6. The van der Waals surface area contributed by atoms with Crippen molar-refractivity contribution in [2.75, 3.05) is 43.4 Å². The van der Waals surface area contributed by atoms with Gasteiger partial charge in [0.2, 0.25) is 0 Å². The second-order valence-corrected chi connectivity index (χ2v) is 13.5. The summed E-state index contributed by atoms with van der Waals surface area (Å²) in [5, 5.41) is 8.50. The Labute approximate surface area is 355 Å². The molecule has 0 aliphatic heterocycles. The molecule has 304 valence electrons. The number of methoxy groups -OCH3 is 2. The van der Waals surface area contributed by atoms with Crippen LogP contribution in [0.25, 0.3) is 21.8 Å². The molecular weight excluding hydrogens is 873 g/mol. The Kier molecular flexibility index (Phi) is 15.0. The highest BCUT2D eigenvalue weighted by molar-refractivity contribution is 9.09. The Balaban J connectivity index is 0.000000179. The number of anilines is 4. The van der Waals surface area contributed by atoms with Gasteiger partial charge in [-0.2, -0.15) is 0 Å². The molecule has 3 N–H and O–H groups in total. The van der Waals surface area contributed by atoms with E-state index in [1.54, 1.807) is 69.7 Å². The minimum Gasteiger partial charge on any atom is -0.493 e. The molecule has 14 nitrogen and oxygen atoms in total. The number of alkyl halides is 1. The van der Waals surface area contributed by atoms with E-state index in [4.69, 9.17) is 42.1 Å². The molecule has 0 saturated heterocycles. The smallest absolute Gasteiger partial charge is 0.162 e. The van der Waals surface area contributed by atoms with Crippen molar-refractivity contribution in [3.63, 3.8) is 0 Å². The van der Waals surface area contributed by atoms with Gasteiger partial charge in [0.1, 0.15) is 42.5 Å². The first-order valence-electron chi connectivity index (χ1n) is 17.6. The van der Waals surface area contributed by atoms with Crippen LogP contribution in [-0.2, 0) is 6.54 Å². The molecule has 0 atom stereocenters.